The van der Waals surface area contributed by atoms with E-state index in [2.05, 4.69) is 4.90 Å². The predicted octanol–water partition coefficient (Wildman–Crippen LogP) is -0.327. The second-order valence-corrected chi connectivity index (χ2v) is 4.61. The lowest BCUT2D eigenvalue weighted by molar-refractivity contribution is -0.121. The first kappa shape index (κ1) is 9.93. The molecular weight excluding hydrogens is 178 g/mol. The second kappa shape index (κ2) is 3.87. The van der Waals surface area contributed by atoms with Crippen LogP contribution in [0.5, 0.6) is 0 Å². The molecule has 4 heteroatoms. The van der Waals surface area contributed by atoms with Crippen LogP contribution in [0.2, 0.25) is 0 Å². The first-order chi connectivity index (χ1) is 6.66. The molecular formula is C10H19N3O. The summed E-state index contributed by atoms with van der Waals surface area (Å²) < 4.78 is 0. The highest BCUT2D eigenvalue weighted by molar-refractivity contribution is 5.77. The number of rotatable bonds is 2. The van der Waals surface area contributed by atoms with Crippen molar-refractivity contribution in [1.82, 2.24) is 4.90 Å². The van der Waals surface area contributed by atoms with Crippen LogP contribution in [0.1, 0.15) is 25.7 Å². The molecule has 1 saturated heterocycles. The van der Waals surface area contributed by atoms with Gasteiger partial charge in [0.1, 0.15) is 0 Å². The zero-order valence-corrected chi connectivity index (χ0v) is 8.48. The van der Waals surface area contributed by atoms with Crippen molar-refractivity contribution in [2.75, 3.05) is 13.1 Å². The molecule has 1 aliphatic carbocycles. The molecule has 0 radical (unpaired) electrons. The minimum Gasteiger partial charge on any atom is -0.369 e. The van der Waals surface area contributed by atoms with E-state index in [9.17, 15) is 4.79 Å². The van der Waals surface area contributed by atoms with Crippen LogP contribution < -0.4 is 11.5 Å². The number of amides is 1. The highest BCUT2D eigenvalue weighted by atomic mass is 16.1. The maximum atomic E-state index is 11.0. The van der Waals surface area contributed by atoms with E-state index in [1.165, 1.54) is 6.42 Å². The summed E-state index contributed by atoms with van der Waals surface area (Å²) in [6, 6.07) is 0.974. The normalized spacial score (nSPS) is 39.1. The number of hydrogen-bond acceptors (Lipinski definition) is 3. The highest BCUT2D eigenvalue weighted by Crippen LogP contribution is 2.27. The van der Waals surface area contributed by atoms with Gasteiger partial charge in [0.2, 0.25) is 5.91 Å². The van der Waals surface area contributed by atoms with Crippen molar-refractivity contribution in [2.45, 2.75) is 37.8 Å². The fourth-order valence-corrected chi connectivity index (χ4v) is 2.67. The maximum Gasteiger partial charge on any atom is 0.221 e. The topological polar surface area (TPSA) is 72.4 Å². The number of nitrogens with two attached hydrogens (primary N) is 2. The summed E-state index contributed by atoms with van der Waals surface area (Å²) in [5.74, 6) is -0.0679. The van der Waals surface area contributed by atoms with Crippen molar-refractivity contribution in [2.24, 2.45) is 17.4 Å². The molecule has 1 amide bonds. The van der Waals surface area contributed by atoms with E-state index >= 15 is 0 Å². The molecule has 1 aliphatic heterocycles. The molecule has 0 aromatic heterocycles. The number of carbonyl (C=O) groups is 1. The lowest BCUT2D eigenvalue weighted by Crippen LogP contribution is -2.34. The summed E-state index contributed by atoms with van der Waals surface area (Å²) in [5, 5.41) is 0. The SMILES string of the molecule is NC(=O)C1CCN(C2CCC(N)C2)C1. The van der Waals surface area contributed by atoms with Gasteiger partial charge in [-0.2, -0.15) is 0 Å². The molecule has 0 aromatic carbocycles. The summed E-state index contributed by atoms with van der Waals surface area (Å²) in [6.07, 6.45) is 4.33. The van der Waals surface area contributed by atoms with Crippen LogP contribution >= 0.6 is 0 Å². The van der Waals surface area contributed by atoms with Crippen LogP contribution in [0, 0.1) is 5.92 Å². The average Bonchev–Trinajstić information content (AvgIpc) is 2.70. The van der Waals surface area contributed by atoms with Crippen LogP contribution in [-0.2, 0) is 4.79 Å². The molecule has 1 saturated carbocycles. The van der Waals surface area contributed by atoms with Crippen LogP contribution in [-0.4, -0.2) is 36.0 Å². The largest absolute Gasteiger partial charge is 0.369 e. The molecule has 0 aromatic rings. The Kier molecular flexibility index (Phi) is 2.74. The molecule has 2 aliphatic rings. The fourth-order valence-electron chi connectivity index (χ4n) is 2.67. The highest BCUT2D eigenvalue weighted by Gasteiger charge is 2.34. The summed E-state index contributed by atoms with van der Waals surface area (Å²) in [5.41, 5.74) is 11.2. The van der Waals surface area contributed by atoms with Crippen LogP contribution in [0.15, 0.2) is 0 Å². The monoisotopic (exact) mass is 197 g/mol. The molecule has 0 spiro atoms. The molecule has 3 atom stereocenters. The van der Waals surface area contributed by atoms with Crippen LogP contribution in [0.25, 0.3) is 0 Å². The van der Waals surface area contributed by atoms with Crippen LogP contribution in [0.3, 0.4) is 0 Å². The summed E-state index contributed by atoms with van der Waals surface area (Å²) >= 11 is 0. The van der Waals surface area contributed by atoms with Gasteiger partial charge >= 0.3 is 0 Å². The van der Waals surface area contributed by atoms with Gasteiger partial charge < -0.3 is 11.5 Å². The zero-order chi connectivity index (χ0) is 10.1. The summed E-state index contributed by atoms with van der Waals surface area (Å²) in [7, 11) is 0. The minimum absolute atomic E-state index is 0.0758. The van der Waals surface area contributed by atoms with Crippen LogP contribution in [0.4, 0.5) is 0 Å². The molecule has 4 nitrogen and oxygen atoms in total. The summed E-state index contributed by atoms with van der Waals surface area (Å²) in [4.78, 5) is 13.4. The van der Waals surface area contributed by atoms with Gasteiger partial charge in [0, 0.05) is 18.6 Å². The van der Waals surface area contributed by atoms with Gasteiger partial charge in [0.05, 0.1) is 5.92 Å². The first-order valence-corrected chi connectivity index (χ1v) is 5.45. The molecule has 1 heterocycles. The van der Waals surface area contributed by atoms with Gasteiger partial charge in [-0.1, -0.05) is 0 Å². The molecule has 4 N–H and O–H groups in total. The van der Waals surface area contributed by atoms with E-state index in [4.69, 9.17) is 11.5 Å². The average molecular weight is 197 g/mol. The fraction of sp³-hybridized carbons (Fsp3) is 0.900. The third kappa shape index (κ3) is 1.91. The zero-order valence-electron chi connectivity index (χ0n) is 8.48. The van der Waals surface area contributed by atoms with Gasteiger partial charge in [0.15, 0.2) is 0 Å². The second-order valence-electron chi connectivity index (χ2n) is 4.61. The molecule has 3 unspecified atom stereocenters. The Bertz CT molecular complexity index is 231. The standard InChI is InChI=1S/C10H19N3O/c11-8-1-2-9(5-8)13-4-3-7(6-13)10(12)14/h7-9H,1-6,11H2,(H2,12,14). The van der Waals surface area contributed by atoms with Gasteiger partial charge in [-0.15, -0.1) is 0 Å². The van der Waals surface area contributed by atoms with E-state index in [0.29, 0.717) is 12.1 Å². The Morgan fingerprint density at radius 2 is 2.07 bits per heavy atom. The minimum atomic E-state index is -0.144. The van der Waals surface area contributed by atoms with Crippen molar-refractivity contribution in [3.63, 3.8) is 0 Å². The third-order valence-electron chi connectivity index (χ3n) is 3.58. The lowest BCUT2D eigenvalue weighted by atomic mass is 10.1. The van der Waals surface area contributed by atoms with Crippen molar-refractivity contribution >= 4 is 5.91 Å². The first-order valence-electron chi connectivity index (χ1n) is 5.45. The Morgan fingerprint density at radius 1 is 1.29 bits per heavy atom. The van der Waals surface area contributed by atoms with Gasteiger partial charge in [-0.25, -0.2) is 0 Å². The Morgan fingerprint density at radius 3 is 2.57 bits per heavy atom. The lowest BCUT2D eigenvalue weighted by Gasteiger charge is -2.23. The summed E-state index contributed by atoms with van der Waals surface area (Å²) in [6.45, 7) is 1.87. The van der Waals surface area contributed by atoms with Crippen molar-refractivity contribution in [1.29, 1.82) is 0 Å². The van der Waals surface area contributed by atoms with E-state index in [-0.39, 0.29) is 11.8 Å². The number of nitrogens with zero attached hydrogens (tertiary/aromatic N) is 1. The molecule has 2 fully saturated rings. The van der Waals surface area contributed by atoms with Gasteiger partial charge in [-0.3, -0.25) is 9.69 Å². The van der Waals surface area contributed by atoms with Crippen molar-refractivity contribution in [3.05, 3.63) is 0 Å². The maximum absolute atomic E-state index is 11.0. The van der Waals surface area contributed by atoms with Crippen molar-refractivity contribution in [3.8, 4) is 0 Å². The van der Waals surface area contributed by atoms with E-state index in [1.54, 1.807) is 0 Å². The number of carbonyl (C=O) groups excluding carboxylic acids is 1. The number of hydrogen-bond donors (Lipinski definition) is 2. The molecule has 80 valence electrons. The molecule has 0 bridgehead atoms. The van der Waals surface area contributed by atoms with Gasteiger partial charge in [0.25, 0.3) is 0 Å². The predicted molar refractivity (Wildman–Crippen MR) is 54.5 cm³/mol. The third-order valence-corrected chi connectivity index (χ3v) is 3.58. The van der Waals surface area contributed by atoms with Crippen molar-refractivity contribution < 1.29 is 4.79 Å². The van der Waals surface area contributed by atoms with E-state index in [0.717, 1.165) is 32.4 Å². The quantitative estimate of drug-likeness (QED) is 0.637. The Hall–Kier alpha value is -0.610. The molecule has 14 heavy (non-hydrogen) atoms. The number of likely N-dealkylation sites (tertiary alicyclic amines) is 1. The van der Waals surface area contributed by atoms with Gasteiger partial charge in [-0.05, 0) is 32.2 Å². The Balaban J connectivity index is 1.86. The Labute approximate surface area is 84.6 Å². The van der Waals surface area contributed by atoms with E-state index < -0.39 is 0 Å². The smallest absolute Gasteiger partial charge is 0.221 e. The number of primary amides is 1. The molecule has 2 rings (SSSR count). The van der Waals surface area contributed by atoms with E-state index in [1.807, 2.05) is 0 Å².